The maximum atomic E-state index is 6.66. The molecule has 0 saturated heterocycles. The lowest BCUT2D eigenvalue weighted by Gasteiger charge is -1.97. The first-order valence-electron chi connectivity index (χ1n) is 2.57. The number of rotatable bonds is 3. The van der Waals surface area contributed by atoms with Crippen LogP contribution in [-0.2, 0) is 0 Å². The molecule has 0 radical (unpaired) electrons. The summed E-state index contributed by atoms with van der Waals surface area (Å²) >= 11 is 0. The van der Waals surface area contributed by atoms with E-state index < -0.39 is 0 Å². The SMILES string of the molecule is CCCC(N)C=N. The number of nitrogens with two attached hydrogens (primary N) is 1. The first kappa shape index (κ1) is 6.63. The summed E-state index contributed by atoms with van der Waals surface area (Å²) < 4.78 is 0. The van der Waals surface area contributed by atoms with Crippen LogP contribution in [0.2, 0.25) is 0 Å². The fourth-order valence-electron chi connectivity index (χ4n) is 0.417. The Balaban J connectivity index is 2.98. The van der Waals surface area contributed by atoms with Crippen molar-refractivity contribution in [1.29, 1.82) is 5.41 Å². The number of nitrogens with one attached hydrogen (secondary N) is 1. The Morgan fingerprint density at radius 2 is 2.43 bits per heavy atom. The largest absolute Gasteiger partial charge is 0.323 e. The molecule has 0 fully saturated rings. The van der Waals surface area contributed by atoms with E-state index in [0.717, 1.165) is 12.8 Å². The zero-order valence-electron chi connectivity index (χ0n) is 4.65. The van der Waals surface area contributed by atoms with Gasteiger partial charge in [0.15, 0.2) is 0 Å². The predicted octanol–water partition coefficient (Wildman–Crippen LogP) is 0.763. The van der Waals surface area contributed by atoms with Crippen molar-refractivity contribution in [1.82, 2.24) is 0 Å². The normalized spacial score (nSPS) is 13.4. The van der Waals surface area contributed by atoms with E-state index in [-0.39, 0.29) is 6.04 Å². The van der Waals surface area contributed by atoms with Crippen molar-refractivity contribution < 1.29 is 0 Å². The Labute approximate surface area is 44.2 Å². The van der Waals surface area contributed by atoms with Crippen LogP contribution in [0.5, 0.6) is 0 Å². The molecule has 2 heteroatoms. The highest BCUT2D eigenvalue weighted by molar-refractivity contribution is 5.59. The van der Waals surface area contributed by atoms with E-state index in [2.05, 4.69) is 6.92 Å². The van der Waals surface area contributed by atoms with Crippen molar-refractivity contribution in [2.75, 3.05) is 0 Å². The molecule has 3 N–H and O–H groups in total. The van der Waals surface area contributed by atoms with Gasteiger partial charge in [0.2, 0.25) is 0 Å². The third-order valence-corrected chi connectivity index (χ3v) is 0.836. The molecule has 0 spiro atoms. The van der Waals surface area contributed by atoms with Gasteiger partial charge in [0.05, 0.1) is 0 Å². The van der Waals surface area contributed by atoms with Crippen molar-refractivity contribution in [3.8, 4) is 0 Å². The van der Waals surface area contributed by atoms with Crippen molar-refractivity contribution in [2.24, 2.45) is 5.73 Å². The van der Waals surface area contributed by atoms with Crippen LogP contribution in [-0.4, -0.2) is 12.3 Å². The summed E-state index contributed by atoms with van der Waals surface area (Å²) in [6, 6.07) is -0.00926. The molecule has 1 atom stereocenters. The first-order valence-corrected chi connectivity index (χ1v) is 2.57. The van der Waals surface area contributed by atoms with Crippen LogP contribution in [0.1, 0.15) is 19.8 Å². The second kappa shape index (κ2) is 3.81. The molecular formula is C5H12N2. The monoisotopic (exact) mass is 100 g/mol. The summed E-state index contributed by atoms with van der Waals surface area (Å²) in [6.45, 7) is 2.06. The van der Waals surface area contributed by atoms with E-state index in [1.54, 1.807) is 0 Å². The second-order valence-corrected chi connectivity index (χ2v) is 1.62. The van der Waals surface area contributed by atoms with Crippen molar-refractivity contribution in [2.45, 2.75) is 25.8 Å². The molecule has 0 aliphatic carbocycles. The minimum Gasteiger partial charge on any atom is -0.323 e. The topological polar surface area (TPSA) is 49.9 Å². The van der Waals surface area contributed by atoms with Gasteiger partial charge < -0.3 is 11.1 Å². The van der Waals surface area contributed by atoms with Crippen LogP contribution in [0, 0.1) is 5.41 Å². The van der Waals surface area contributed by atoms with Gasteiger partial charge in [-0.1, -0.05) is 13.3 Å². The molecule has 0 rings (SSSR count). The van der Waals surface area contributed by atoms with Gasteiger partial charge in [-0.15, -0.1) is 0 Å². The van der Waals surface area contributed by atoms with Gasteiger partial charge in [-0.25, -0.2) is 0 Å². The average molecular weight is 100 g/mol. The maximum Gasteiger partial charge on any atom is 0.0392 e. The highest BCUT2D eigenvalue weighted by Gasteiger charge is 1.90. The molecule has 0 aromatic carbocycles. The van der Waals surface area contributed by atoms with Crippen molar-refractivity contribution >= 4 is 6.21 Å². The lowest BCUT2D eigenvalue weighted by atomic mass is 10.2. The summed E-state index contributed by atoms with van der Waals surface area (Å²) in [6.07, 6.45) is 3.28. The number of hydrogen-bond acceptors (Lipinski definition) is 2. The minimum absolute atomic E-state index is 0.00926. The average Bonchev–Trinajstić information content (AvgIpc) is 1.68. The van der Waals surface area contributed by atoms with Gasteiger partial charge in [0, 0.05) is 12.3 Å². The quantitative estimate of drug-likeness (QED) is 0.505. The minimum atomic E-state index is -0.00926. The third kappa shape index (κ3) is 3.46. The highest BCUT2D eigenvalue weighted by atomic mass is 14.6. The summed E-state index contributed by atoms with van der Waals surface area (Å²) in [5.74, 6) is 0. The van der Waals surface area contributed by atoms with Crippen molar-refractivity contribution in [3.05, 3.63) is 0 Å². The second-order valence-electron chi connectivity index (χ2n) is 1.62. The smallest absolute Gasteiger partial charge is 0.0392 e. The van der Waals surface area contributed by atoms with E-state index in [4.69, 9.17) is 11.1 Å². The third-order valence-electron chi connectivity index (χ3n) is 0.836. The molecule has 1 unspecified atom stereocenters. The van der Waals surface area contributed by atoms with Crippen LogP contribution in [0.25, 0.3) is 0 Å². The van der Waals surface area contributed by atoms with E-state index >= 15 is 0 Å². The van der Waals surface area contributed by atoms with Crippen LogP contribution in [0.4, 0.5) is 0 Å². The summed E-state index contributed by atoms with van der Waals surface area (Å²) in [7, 11) is 0. The van der Waals surface area contributed by atoms with Gasteiger partial charge in [-0.2, -0.15) is 0 Å². The molecule has 7 heavy (non-hydrogen) atoms. The predicted molar refractivity (Wildman–Crippen MR) is 31.7 cm³/mol. The van der Waals surface area contributed by atoms with Gasteiger partial charge in [-0.05, 0) is 6.42 Å². The summed E-state index contributed by atoms with van der Waals surface area (Å²) in [4.78, 5) is 0. The molecule has 42 valence electrons. The van der Waals surface area contributed by atoms with Gasteiger partial charge >= 0.3 is 0 Å². The van der Waals surface area contributed by atoms with Gasteiger partial charge in [-0.3, -0.25) is 0 Å². The highest BCUT2D eigenvalue weighted by Crippen LogP contribution is 1.87. The Hall–Kier alpha value is -0.370. The van der Waals surface area contributed by atoms with Crippen LogP contribution in [0.15, 0.2) is 0 Å². The Morgan fingerprint density at radius 1 is 1.86 bits per heavy atom. The standard InChI is InChI=1S/C5H12N2/c1-2-3-5(7)4-6/h4-6H,2-3,7H2,1H3. The van der Waals surface area contributed by atoms with E-state index in [1.807, 2.05) is 0 Å². The van der Waals surface area contributed by atoms with Gasteiger partial charge in [0.1, 0.15) is 0 Å². The Bertz CT molecular complexity index is 52.0. The van der Waals surface area contributed by atoms with E-state index in [0.29, 0.717) is 0 Å². The zero-order chi connectivity index (χ0) is 5.70. The fraction of sp³-hybridized carbons (Fsp3) is 0.800. The van der Waals surface area contributed by atoms with Crippen LogP contribution >= 0.6 is 0 Å². The van der Waals surface area contributed by atoms with Crippen LogP contribution in [0.3, 0.4) is 0 Å². The maximum absolute atomic E-state index is 6.66. The molecule has 0 bridgehead atoms. The fourth-order valence-corrected chi connectivity index (χ4v) is 0.417. The first-order chi connectivity index (χ1) is 3.31. The molecule has 0 amide bonds. The van der Waals surface area contributed by atoms with E-state index in [9.17, 15) is 0 Å². The lowest BCUT2D eigenvalue weighted by Crippen LogP contribution is -2.19. The van der Waals surface area contributed by atoms with Crippen molar-refractivity contribution in [3.63, 3.8) is 0 Å². The number of hydrogen-bond donors (Lipinski definition) is 2. The summed E-state index contributed by atoms with van der Waals surface area (Å²) in [5, 5.41) is 6.66. The molecule has 0 heterocycles. The Kier molecular flexibility index (Phi) is 3.61. The van der Waals surface area contributed by atoms with Crippen LogP contribution < -0.4 is 5.73 Å². The van der Waals surface area contributed by atoms with E-state index in [1.165, 1.54) is 6.21 Å². The Morgan fingerprint density at radius 3 is 2.57 bits per heavy atom. The van der Waals surface area contributed by atoms with Gasteiger partial charge in [0.25, 0.3) is 0 Å². The summed E-state index contributed by atoms with van der Waals surface area (Å²) in [5.41, 5.74) is 5.34. The lowest BCUT2D eigenvalue weighted by molar-refractivity contribution is 0.738. The molecule has 0 aliphatic heterocycles. The molecular weight excluding hydrogens is 88.1 g/mol. The molecule has 0 saturated carbocycles. The molecule has 0 aromatic heterocycles. The zero-order valence-corrected chi connectivity index (χ0v) is 4.65. The molecule has 2 nitrogen and oxygen atoms in total. The molecule has 0 aliphatic rings. The molecule has 0 aromatic rings.